The van der Waals surface area contributed by atoms with E-state index in [-0.39, 0.29) is 16.5 Å². The number of carbonyl (C=O) groups is 2. The van der Waals surface area contributed by atoms with Gasteiger partial charge in [-0.1, -0.05) is 74.2 Å². The van der Waals surface area contributed by atoms with E-state index in [0.717, 1.165) is 62.9 Å². The standard InChI is InChI=1S/C33H48N3O2P3/c37-30(22-24-10-2-1-3-11-24)35-25-16-20-36(21-17-25)19-9-8-18-32(31(38)34-23-33(39,40)41)28-14-6-4-12-26(28)27-13-5-7-15-29(27)32/h4-7,12-15,24-25H,1-3,8-11,16-23,39-41H2,(H,34,38)(H,35,37). The molecule has 1 heterocycles. The largest absolute Gasteiger partial charge is 0.353 e. The number of unbranched alkanes of at least 4 members (excludes halogenated alkanes) is 1. The smallest absolute Gasteiger partial charge is 0.235 e. The number of fused-ring (bicyclic) bond motifs is 3. The fourth-order valence-corrected chi connectivity index (χ4v) is 7.61. The summed E-state index contributed by atoms with van der Waals surface area (Å²) in [5, 5.41) is 6.61. The molecule has 0 radical (unpaired) electrons. The van der Waals surface area contributed by atoms with Crippen LogP contribution < -0.4 is 10.6 Å². The van der Waals surface area contributed by atoms with Gasteiger partial charge in [-0.2, -0.15) is 0 Å². The summed E-state index contributed by atoms with van der Waals surface area (Å²) < 4.78 is -0.226. The second-order valence-corrected chi connectivity index (χ2v) is 17.9. The molecular weight excluding hydrogens is 563 g/mol. The Labute approximate surface area is 253 Å². The van der Waals surface area contributed by atoms with Crippen LogP contribution in [0.25, 0.3) is 11.1 Å². The van der Waals surface area contributed by atoms with E-state index < -0.39 is 5.41 Å². The SMILES string of the molecule is O=C(CC1CCCCC1)NC1CCN(CCCCC2(C(=O)NCC(P)(P)P)c3ccccc3-c3ccccc32)CC1. The van der Waals surface area contributed by atoms with Gasteiger partial charge in [0.15, 0.2) is 0 Å². The summed E-state index contributed by atoms with van der Waals surface area (Å²) in [6.07, 6.45) is 12.0. The maximum absolute atomic E-state index is 14.1. The van der Waals surface area contributed by atoms with Gasteiger partial charge >= 0.3 is 0 Å². The van der Waals surface area contributed by atoms with Crippen molar-refractivity contribution in [3.05, 3.63) is 59.7 Å². The van der Waals surface area contributed by atoms with E-state index in [0.29, 0.717) is 24.9 Å². The molecule has 3 atom stereocenters. The predicted molar refractivity (Wildman–Crippen MR) is 180 cm³/mol. The second kappa shape index (κ2) is 13.9. The van der Waals surface area contributed by atoms with Crippen LogP contribution in [0.1, 0.15) is 81.8 Å². The van der Waals surface area contributed by atoms with Gasteiger partial charge in [-0.3, -0.25) is 9.59 Å². The molecule has 0 bridgehead atoms. The fourth-order valence-electron chi connectivity index (χ4n) is 7.30. The number of hydrogen-bond donors (Lipinski definition) is 2. The van der Waals surface area contributed by atoms with E-state index in [9.17, 15) is 9.59 Å². The summed E-state index contributed by atoms with van der Waals surface area (Å²) in [6, 6.07) is 17.2. The minimum absolute atomic E-state index is 0.0939. The molecule has 2 aromatic carbocycles. The van der Waals surface area contributed by atoms with Crippen LogP contribution >= 0.6 is 27.7 Å². The predicted octanol–water partition coefficient (Wildman–Crippen LogP) is 6.07. The van der Waals surface area contributed by atoms with Crippen molar-refractivity contribution >= 4 is 39.5 Å². The first-order valence-electron chi connectivity index (χ1n) is 15.6. The molecule has 1 aliphatic heterocycles. The van der Waals surface area contributed by atoms with E-state index in [1.54, 1.807) is 0 Å². The molecular formula is C33H48N3O2P3. The Bertz CT molecular complexity index is 1150. The number of nitrogens with one attached hydrogen (secondary N) is 2. The van der Waals surface area contributed by atoms with E-state index >= 15 is 0 Å². The van der Waals surface area contributed by atoms with Gasteiger partial charge in [-0.25, -0.2) is 0 Å². The van der Waals surface area contributed by atoms with Gasteiger partial charge in [0.2, 0.25) is 11.8 Å². The summed E-state index contributed by atoms with van der Waals surface area (Å²) in [5.74, 6) is 0.952. The summed E-state index contributed by atoms with van der Waals surface area (Å²) in [6.45, 7) is 3.65. The van der Waals surface area contributed by atoms with E-state index in [1.807, 2.05) is 0 Å². The van der Waals surface area contributed by atoms with E-state index in [2.05, 4.69) is 91.8 Å². The van der Waals surface area contributed by atoms with Crippen molar-refractivity contribution in [1.29, 1.82) is 0 Å². The number of rotatable bonds is 11. The first kappa shape index (κ1) is 31.1. The first-order chi connectivity index (χ1) is 19.8. The number of benzene rings is 2. The molecule has 41 heavy (non-hydrogen) atoms. The van der Waals surface area contributed by atoms with Crippen molar-refractivity contribution in [2.75, 3.05) is 26.2 Å². The minimum atomic E-state index is -0.673. The van der Waals surface area contributed by atoms with E-state index in [1.165, 1.54) is 43.2 Å². The van der Waals surface area contributed by atoms with Crippen LogP contribution in [-0.4, -0.2) is 53.6 Å². The number of hydrogen-bond acceptors (Lipinski definition) is 3. The third-order valence-electron chi connectivity index (χ3n) is 9.43. The second-order valence-electron chi connectivity index (χ2n) is 12.6. The zero-order chi connectivity index (χ0) is 28.9. The molecule has 222 valence electrons. The van der Waals surface area contributed by atoms with Gasteiger partial charge in [0.1, 0.15) is 5.41 Å². The molecule has 8 heteroatoms. The number of piperidine rings is 1. The van der Waals surface area contributed by atoms with Gasteiger partial charge < -0.3 is 15.5 Å². The lowest BCUT2D eigenvalue weighted by Crippen LogP contribution is -2.46. The monoisotopic (exact) mass is 611 g/mol. The topological polar surface area (TPSA) is 61.4 Å². The highest BCUT2D eigenvalue weighted by molar-refractivity contribution is 7.57. The van der Waals surface area contributed by atoms with Gasteiger partial charge in [0, 0.05) is 36.7 Å². The Balaban J connectivity index is 1.16. The zero-order valence-electron chi connectivity index (χ0n) is 24.4. The first-order valence-corrected chi connectivity index (χ1v) is 17.4. The maximum atomic E-state index is 14.1. The molecule has 2 N–H and O–H groups in total. The van der Waals surface area contributed by atoms with Crippen LogP contribution in [-0.2, 0) is 15.0 Å². The molecule has 2 aromatic rings. The fraction of sp³-hybridized carbons (Fsp3) is 0.576. The molecule has 0 aromatic heterocycles. The van der Waals surface area contributed by atoms with Gasteiger partial charge in [-0.15, -0.1) is 27.7 Å². The van der Waals surface area contributed by atoms with Crippen molar-refractivity contribution < 1.29 is 9.59 Å². The highest BCUT2D eigenvalue weighted by Gasteiger charge is 2.48. The summed E-state index contributed by atoms with van der Waals surface area (Å²) in [5.41, 5.74) is 3.95. The van der Waals surface area contributed by atoms with Crippen molar-refractivity contribution in [3.63, 3.8) is 0 Å². The Morgan fingerprint density at radius 1 is 0.854 bits per heavy atom. The summed E-state index contributed by atoms with van der Waals surface area (Å²) in [7, 11) is 8.33. The highest BCUT2D eigenvalue weighted by Crippen LogP contribution is 2.51. The lowest BCUT2D eigenvalue weighted by atomic mass is 9.73. The Kier molecular flexibility index (Phi) is 10.6. The Hall–Kier alpha value is -1.37. The average Bonchev–Trinajstić information content (AvgIpc) is 3.26. The van der Waals surface area contributed by atoms with Gasteiger partial charge in [0.05, 0.1) is 0 Å². The van der Waals surface area contributed by atoms with Crippen molar-refractivity contribution in [2.45, 2.75) is 86.7 Å². The Morgan fingerprint density at radius 2 is 1.46 bits per heavy atom. The quantitative estimate of drug-likeness (QED) is 0.240. The molecule has 2 fully saturated rings. The molecule has 3 aliphatic rings. The van der Waals surface area contributed by atoms with Crippen LogP contribution in [0.15, 0.2) is 48.5 Å². The van der Waals surface area contributed by atoms with Gasteiger partial charge in [-0.05, 0) is 73.2 Å². The minimum Gasteiger partial charge on any atom is -0.353 e. The van der Waals surface area contributed by atoms with Crippen LogP contribution in [0.5, 0.6) is 0 Å². The van der Waals surface area contributed by atoms with Crippen molar-refractivity contribution in [2.24, 2.45) is 5.92 Å². The third-order valence-corrected chi connectivity index (χ3v) is 10.0. The molecule has 3 unspecified atom stereocenters. The van der Waals surface area contributed by atoms with Crippen LogP contribution in [0, 0.1) is 5.92 Å². The molecule has 5 nitrogen and oxygen atoms in total. The summed E-state index contributed by atoms with van der Waals surface area (Å²) >= 11 is 0. The van der Waals surface area contributed by atoms with Crippen molar-refractivity contribution in [3.8, 4) is 11.1 Å². The highest BCUT2D eigenvalue weighted by atomic mass is 31.1. The average molecular weight is 612 g/mol. The van der Waals surface area contributed by atoms with Crippen LogP contribution in [0.4, 0.5) is 0 Å². The zero-order valence-corrected chi connectivity index (χ0v) is 27.8. The molecule has 0 spiro atoms. The maximum Gasteiger partial charge on any atom is 0.235 e. The van der Waals surface area contributed by atoms with Gasteiger partial charge in [0.25, 0.3) is 0 Å². The third kappa shape index (κ3) is 7.59. The Morgan fingerprint density at radius 3 is 2.07 bits per heavy atom. The number of carbonyl (C=O) groups excluding carboxylic acids is 2. The lowest BCUT2D eigenvalue weighted by Gasteiger charge is -2.34. The van der Waals surface area contributed by atoms with Crippen LogP contribution in [0.3, 0.4) is 0 Å². The van der Waals surface area contributed by atoms with Crippen molar-refractivity contribution in [1.82, 2.24) is 15.5 Å². The molecule has 1 saturated carbocycles. The number of likely N-dealkylation sites (tertiary alicyclic amines) is 1. The molecule has 2 aliphatic carbocycles. The lowest BCUT2D eigenvalue weighted by molar-refractivity contribution is -0.125. The molecule has 2 amide bonds. The number of amides is 2. The van der Waals surface area contributed by atoms with E-state index in [4.69, 9.17) is 0 Å². The summed E-state index contributed by atoms with van der Waals surface area (Å²) in [4.78, 5) is 29.2. The normalized spacial score (nSPS) is 19.4. The molecule has 5 rings (SSSR count). The number of nitrogens with zero attached hydrogens (tertiary/aromatic N) is 1. The molecule has 1 saturated heterocycles. The van der Waals surface area contributed by atoms with Crippen LogP contribution in [0.2, 0.25) is 0 Å².